The van der Waals surface area contributed by atoms with Crippen LogP contribution >= 0.6 is 11.8 Å². The van der Waals surface area contributed by atoms with E-state index >= 15 is 0 Å². The van der Waals surface area contributed by atoms with E-state index < -0.39 is 0 Å². The number of carbonyl (C=O) groups excluding carboxylic acids is 2. The number of methoxy groups -OCH3 is 1. The van der Waals surface area contributed by atoms with Crippen LogP contribution in [-0.2, 0) is 14.3 Å². The number of ether oxygens (including phenoxy) is 3. The van der Waals surface area contributed by atoms with Crippen LogP contribution < -0.4 is 9.47 Å². The second-order valence-corrected chi connectivity index (χ2v) is 8.62. The molecule has 1 atom stereocenters. The number of rotatable bonds is 4. The molecule has 164 valence electrons. The van der Waals surface area contributed by atoms with Gasteiger partial charge in [-0.1, -0.05) is 12.1 Å². The summed E-state index contributed by atoms with van der Waals surface area (Å²) in [6.07, 6.45) is 5.09. The summed E-state index contributed by atoms with van der Waals surface area (Å²) in [5.41, 5.74) is 1.83. The average molecular weight is 443 g/mol. The van der Waals surface area contributed by atoms with Crippen LogP contribution in [0.3, 0.4) is 0 Å². The molecular weight excluding hydrogens is 416 g/mol. The quantitative estimate of drug-likeness (QED) is 0.520. The van der Waals surface area contributed by atoms with Gasteiger partial charge in [0, 0.05) is 18.7 Å². The standard InChI is InChI=1S/C23H26N2O5S/c1-4-29-22(27)15-8-10-25(11-9-15)23-24-21(26)19(31-23)13-17-12-16-6-5-7-18(28-3)20(16)30-14(17)2/h5-7,12-15H,4,8-11H2,1-3H3/b19-13-. The third kappa shape index (κ3) is 4.49. The number of amides is 1. The van der Waals surface area contributed by atoms with E-state index in [0.717, 1.165) is 11.1 Å². The van der Waals surface area contributed by atoms with Gasteiger partial charge in [-0.3, -0.25) is 9.59 Å². The predicted octanol–water partition coefficient (Wildman–Crippen LogP) is 3.65. The lowest BCUT2D eigenvalue weighted by atomic mass is 9.97. The first-order valence-corrected chi connectivity index (χ1v) is 11.3. The number of para-hydroxylation sites is 1. The minimum absolute atomic E-state index is 0.0728. The third-order valence-electron chi connectivity index (χ3n) is 5.61. The molecule has 0 saturated carbocycles. The number of hydrogen-bond acceptors (Lipinski definition) is 7. The van der Waals surface area contributed by atoms with Gasteiger partial charge >= 0.3 is 5.97 Å². The maximum atomic E-state index is 12.5. The molecule has 3 aliphatic rings. The minimum Gasteiger partial charge on any atom is -0.493 e. The van der Waals surface area contributed by atoms with Crippen LogP contribution in [0.1, 0.15) is 32.3 Å². The van der Waals surface area contributed by atoms with Crippen molar-refractivity contribution in [3.63, 3.8) is 0 Å². The lowest BCUT2D eigenvalue weighted by Gasteiger charge is -2.31. The molecular formula is C23H26N2O5S. The molecule has 1 saturated heterocycles. The Kier molecular flexibility index (Phi) is 6.36. The van der Waals surface area contributed by atoms with Crippen molar-refractivity contribution in [2.75, 3.05) is 26.8 Å². The highest BCUT2D eigenvalue weighted by Gasteiger charge is 2.32. The van der Waals surface area contributed by atoms with Gasteiger partial charge in [0.2, 0.25) is 0 Å². The summed E-state index contributed by atoms with van der Waals surface area (Å²) in [5, 5.41) is 0.700. The highest BCUT2D eigenvalue weighted by molar-refractivity contribution is 8.18. The van der Waals surface area contributed by atoms with Gasteiger partial charge in [0.25, 0.3) is 5.91 Å². The number of thioether (sulfide) groups is 1. The number of hydrogen-bond donors (Lipinski definition) is 0. The van der Waals surface area contributed by atoms with Crippen LogP contribution in [0.5, 0.6) is 11.5 Å². The average Bonchev–Trinajstić information content (AvgIpc) is 3.14. The van der Waals surface area contributed by atoms with Crippen molar-refractivity contribution in [1.82, 2.24) is 4.90 Å². The Bertz CT molecular complexity index is 976. The second-order valence-electron chi connectivity index (χ2n) is 7.61. The van der Waals surface area contributed by atoms with Crippen LogP contribution in [0.25, 0.3) is 6.08 Å². The normalized spacial score (nSPS) is 22.5. The van der Waals surface area contributed by atoms with Gasteiger partial charge in [-0.15, -0.1) is 0 Å². The van der Waals surface area contributed by atoms with Crippen LogP contribution in [0.2, 0.25) is 0 Å². The lowest BCUT2D eigenvalue weighted by molar-refractivity contribution is -0.149. The van der Waals surface area contributed by atoms with Crippen molar-refractivity contribution in [1.29, 1.82) is 0 Å². The fourth-order valence-electron chi connectivity index (χ4n) is 3.89. The maximum absolute atomic E-state index is 12.5. The zero-order valence-corrected chi connectivity index (χ0v) is 18.7. The molecule has 1 fully saturated rings. The van der Waals surface area contributed by atoms with Gasteiger partial charge < -0.3 is 19.1 Å². The Labute approximate surface area is 186 Å². The zero-order valence-electron chi connectivity index (χ0n) is 17.9. The first-order chi connectivity index (χ1) is 15.0. The molecule has 4 rings (SSSR count). The molecule has 0 spiro atoms. The number of piperidine rings is 1. The zero-order chi connectivity index (χ0) is 22.0. The Balaban J connectivity index is 1.45. The first kappa shape index (κ1) is 21.5. The summed E-state index contributed by atoms with van der Waals surface area (Å²) in [6.45, 7) is 5.54. The number of amidine groups is 1. The third-order valence-corrected chi connectivity index (χ3v) is 6.65. The van der Waals surface area contributed by atoms with E-state index in [1.807, 2.05) is 44.2 Å². The molecule has 1 aromatic carbocycles. The fourth-order valence-corrected chi connectivity index (χ4v) is 4.85. The molecule has 3 aliphatic heterocycles. The Hall–Kier alpha value is -2.74. The number of esters is 1. The number of likely N-dealkylation sites (tertiary alicyclic amines) is 1. The highest BCUT2D eigenvalue weighted by Crippen LogP contribution is 2.39. The summed E-state index contributed by atoms with van der Waals surface area (Å²) in [4.78, 5) is 31.4. The summed E-state index contributed by atoms with van der Waals surface area (Å²) in [5.74, 6) is 0.963. The topological polar surface area (TPSA) is 77.4 Å². The molecule has 0 aromatic heterocycles. The van der Waals surface area contributed by atoms with E-state index in [-0.39, 0.29) is 23.9 Å². The van der Waals surface area contributed by atoms with Crippen LogP contribution in [0.15, 0.2) is 39.7 Å². The molecule has 0 bridgehead atoms. The number of fused-ring (bicyclic) bond motifs is 1. The van der Waals surface area contributed by atoms with E-state index in [2.05, 4.69) is 9.89 Å². The molecule has 0 N–H and O–H groups in total. The number of nitrogens with zero attached hydrogens (tertiary/aromatic N) is 2. The van der Waals surface area contributed by atoms with E-state index in [9.17, 15) is 9.59 Å². The second kappa shape index (κ2) is 9.18. The molecule has 3 heterocycles. The van der Waals surface area contributed by atoms with Gasteiger partial charge in [-0.05, 0) is 62.2 Å². The predicted molar refractivity (Wildman–Crippen MR) is 120 cm³/mol. The monoisotopic (exact) mass is 442 g/mol. The van der Waals surface area contributed by atoms with E-state index in [4.69, 9.17) is 14.2 Å². The minimum atomic E-state index is -0.239. The van der Waals surface area contributed by atoms with Gasteiger partial charge in [-0.2, -0.15) is 4.99 Å². The Morgan fingerprint density at radius 2 is 2.13 bits per heavy atom. The number of benzene rings is 1. The summed E-state index contributed by atoms with van der Waals surface area (Å²) in [7, 11) is 1.62. The SMILES string of the molecule is CCOC(=O)C1CCN(C2=NC(=O)/C(=C/C3=Cc4cccc(OC)c4OC3C)S2)CC1. The molecule has 1 aromatic rings. The molecule has 8 heteroatoms. The lowest BCUT2D eigenvalue weighted by Crippen LogP contribution is -2.39. The molecule has 1 unspecified atom stereocenters. The van der Waals surface area contributed by atoms with Crippen LogP contribution in [0, 0.1) is 5.92 Å². The van der Waals surface area contributed by atoms with Gasteiger partial charge in [-0.25, -0.2) is 0 Å². The van der Waals surface area contributed by atoms with Gasteiger partial charge in [0.15, 0.2) is 16.7 Å². The largest absolute Gasteiger partial charge is 0.493 e. The van der Waals surface area contributed by atoms with Crippen molar-refractivity contribution in [3.05, 3.63) is 40.3 Å². The van der Waals surface area contributed by atoms with Gasteiger partial charge in [0.1, 0.15) is 6.10 Å². The Morgan fingerprint density at radius 3 is 2.84 bits per heavy atom. The van der Waals surface area contributed by atoms with Crippen LogP contribution in [-0.4, -0.2) is 54.9 Å². The summed E-state index contributed by atoms with van der Waals surface area (Å²) < 4.78 is 16.6. The molecule has 0 radical (unpaired) electrons. The molecule has 0 aliphatic carbocycles. The summed E-state index contributed by atoms with van der Waals surface area (Å²) in [6, 6.07) is 5.74. The number of aliphatic imine (C=N–C) groups is 1. The van der Waals surface area contributed by atoms with E-state index in [0.29, 0.717) is 54.1 Å². The first-order valence-electron chi connectivity index (χ1n) is 10.5. The highest BCUT2D eigenvalue weighted by atomic mass is 32.2. The van der Waals surface area contributed by atoms with Crippen molar-refractivity contribution >= 4 is 34.9 Å². The van der Waals surface area contributed by atoms with Crippen molar-refractivity contribution in [2.45, 2.75) is 32.8 Å². The fraction of sp³-hybridized carbons (Fsp3) is 0.435. The summed E-state index contributed by atoms with van der Waals surface area (Å²) >= 11 is 1.38. The smallest absolute Gasteiger partial charge is 0.309 e. The van der Waals surface area contributed by atoms with E-state index in [1.54, 1.807) is 7.11 Å². The number of carbonyl (C=O) groups is 2. The maximum Gasteiger partial charge on any atom is 0.309 e. The van der Waals surface area contributed by atoms with Crippen molar-refractivity contribution < 1.29 is 23.8 Å². The molecule has 1 amide bonds. The van der Waals surface area contributed by atoms with Crippen molar-refractivity contribution in [2.24, 2.45) is 10.9 Å². The van der Waals surface area contributed by atoms with Crippen LogP contribution in [0.4, 0.5) is 0 Å². The molecule has 7 nitrogen and oxygen atoms in total. The van der Waals surface area contributed by atoms with Gasteiger partial charge in [0.05, 0.1) is 24.5 Å². The van der Waals surface area contributed by atoms with Crippen molar-refractivity contribution in [3.8, 4) is 11.5 Å². The Morgan fingerprint density at radius 1 is 1.35 bits per heavy atom. The van der Waals surface area contributed by atoms with E-state index in [1.165, 1.54) is 11.8 Å². The molecule has 31 heavy (non-hydrogen) atoms.